The molecule has 2 heterocycles. The van der Waals surface area contributed by atoms with E-state index in [2.05, 4.69) is 20.1 Å². The Morgan fingerprint density at radius 1 is 0.897 bits per heavy atom. The SMILES string of the molecule is O=C(CCc1nnc(-c2ccc(OCc3cccc(F)c3)cc2)[nH]c1=O)N1CCN(c2ccc(F)cc2)CC1. The number of piperazine rings is 1. The number of H-pyrrole nitrogens is 1. The Bertz CT molecular complexity index is 1480. The Labute approximate surface area is 223 Å². The molecule has 0 atom stereocenters. The van der Waals surface area contributed by atoms with Gasteiger partial charge in [-0.15, -0.1) is 10.2 Å². The summed E-state index contributed by atoms with van der Waals surface area (Å²) in [6.45, 7) is 2.64. The summed E-state index contributed by atoms with van der Waals surface area (Å²) in [5, 5.41) is 8.20. The molecule has 1 aliphatic heterocycles. The van der Waals surface area contributed by atoms with Crippen molar-refractivity contribution >= 4 is 11.6 Å². The standard InChI is InChI=1S/C29H27F2N5O3/c30-22-6-8-24(9-7-22)35-14-16-36(17-15-35)27(37)13-12-26-29(38)32-28(34-33-26)21-4-10-25(11-5-21)39-19-20-2-1-3-23(31)18-20/h1-11,18H,12-17,19H2,(H,32,34,38). The molecule has 1 fully saturated rings. The molecule has 1 amide bonds. The molecule has 39 heavy (non-hydrogen) atoms. The van der Waals surface area contributed by atoms with E-state index >= 15 is 0 Å². The number of nitrogens with zero attached hydrogens (tertiary/aromatic N) is 4. The lowest BCUT2D eigenvalue weighted by Crippen LogP contribution is -2.48. The van der Waals surface area contributed by atoms with Crippen molar-refractivity contribution in [3.8, 4) is 17.1 Å². The maximum atomic E-state index is 13.3. The van der Waals surface area contributed by atoms with Crippen LogP contribution in [0.5, 0.6) is 5.75 Å². The van der Waals surface area contributed by atoms with E-state index in [0.717, 1.165) is 11.3 Å². The van der Waals surface area contributed by atoms with Crippen molar-refractivity contribution in [2.24, 2.45) is 0 Å². The molecule has 3 aromatic carbocycles. The zero-order valence-corrected chi connectivity index (χ0v) is 21.1. The van der Waals surface area contributed by atoms with Gasteiger partial charge in [0.15, 0.2) is 5.82 Å². The molecule has 0 radical (unpaired) electrons. The van der Waals surface area contributed by atoms with Crippen molar-refractivity contribution in [1.82, 2.24) is 20.1 Å². The number of aryl methyl sites for hydroxylation is 1. The van der Waals surface area contributed by atoms with Crippen molar-refractivity contribution in [3.63, 3.8) is 0 Å². The van der Waals surface area contributed by atoms with Crippen LogP contribution in [0.4, 0.5) is 14.5 Å². The molecule has 1 N–H and O–H groups in total. The van der Waals surface area contributed by atoms with E-state index in [0.29, 0.717) is 43.3 Å². The first-order chi connectivity index (χ1) is 18.9. The van der Waals surface area contributed by atoms with Gasteiger partial charge in [0.2, 0.25) is 5.91 Å². The maximum Gasteiger partial charge on any atom is 0.273 e. The van der Waals surface area contributed by atoms with Crippen molar-refractivity contribution < 1.29 is 18.3 Å². The Hall–Kier alpha value is -4.60. The molecule has 8 nitrogen and oxygen atoms in total. The number of carbonyl (C=O) groups excluding carboxylic acids is 1. The molecule has 200 valence electrons. The van der Waals surface area contributed by atoms with Crippen molar-refractivity contribution in [2.75, 3.05) is 31.1 Å². The lowest BCUT2D eigenvalue weighted by molar-refractivity contribution is -0.131. The van der Waals surface area contributed by atoms with Crippen LogP contribution in [0.3, 0.4) is 0 Å². The molecule has 0 bridgehead atoms. The van der Waals surface area contributed by atoms with Gasteiger partial charge in [-0.05, 0) is 66.2 Å². The molecule has 10 heteroatoms. The first kappa shape index (κ1) is 26.0. The van der Waals surface area contributed by atoms with Gasteiger partial charge in [0.1, 0.15) is 29.7 Å². The number of nitrogens with one attached hydrogen (secondary N) is 1. The van der Waals surface area contributed by atoms with E-state index in [1.165, 1.54) is 24.3 Å². The summed E-state index contributed by atoms with van der Waals surface area (Å²) in [5.74, 6) is 0.257. The van der Waals surface area contributed by atoms with Gasteiger partial charge in [0, 0.05) is 50.3 Å². The maximum absolute atomic E-state index is 13.3. The number of anilines is 1. The highest BCUT2D eigenvalue weighted by molar-refractivity contribution is 5.76. The largest absolute Gasteiger partial charge is 0.489 e. The van der Waals surface area contributed by atoms with Gasteiger partial charge in [-0.3, -0.25) is 9.59 Å². The van der Waals surface area contributed by atoms with Gasteiger partial charge < -0.3 is 19.5 Å². The molecule has 5 rings (SSSR count). The topological polar surface area (TPSA) is 91.4 Å². The zero-order valence-electron chi connectivity index (χ0n) is 21.1. The van der Waals surface area contributed by atoms with E-state index < -0.39 is 0 Å². The Kier molecular flexibility index (Phi) is 7.91. The van der Waals surface area contributed by atoms with Gasteiger partial charge in [0.25, 0.3) is 5.56 Å². The molecule has 1 aliphatic rings. The number of ether oxygens (including phenoxy) is 1. The fourth-order valence-corrected chi connectivity index (χ4v) is 4.41. The third-order valence-electron chi connectivity index (χ3n) is 6.59. The number of rotatable bonds is 8. The Morgan fingerprint density at radius 3 is 2.33 bits per heavy atom. The highest BCUT2D eigenvalue weighted by atomic mass is 19.1. The van der Waals surface area contributed by atoms with Gasteiger partial charge in [-0.2, -0.15) is 0 Å². The smallest absolute Gasteiger partial charge is 0.273 e. The van der Waals surface area contributed by atoms with Crippen LogP contribution in [-0.2, 0) is 17.8 Å². The van der Waals surface area contributed by atoms with Crippen LogP contribution in [0.1, 0.15) is 17.7 Å². The summed E-state index contributed by atoms with van der Waals surface area (Å²) in [6, 6.07) is 19.5. The molecule has 0 unspecified atom stereocenters. The second-order valence-corrected chi connectivity index (χ2v) is 9.24. The molecular weight excluding hydrogens is 504 g/mol. The minimum absolute atomic E-state index is 0.0483. The van der Waals surface area contributed by atoms with Crippen molar-refractivity contribution in [3.05, 3.63) is 106 Å². The zero-order chi connectivity index (χ0) is 27.2. The molecule has 1 saturated heterocycles. The molecular formula is C29H27F2N5O3. The number of halogens is 2. The highest BCUT2D eigenvalue weighted by Gasteiger charge is 2.22. The van der Waals surface area contributed by atoms with Crippen LogP contribution in [0, 0.1) is 11.6 Å². The molecule has 4 aromatic rings. The summed E-state index contributed by atoms with van der Waals surface area (Å²) in [4.78, 5) is 31.9. The molecule has 0 saturated carbocycles. The van der Waals surface area contributed by atoms with E-state index in [-0.39, 0.29) is 48.2 Å². The lowest BCUT2D eigenvalue weighted by atomic mass is 10.2. The van der Waals surface area contributed by atoms with Gasteiger partial charge in [-0.1, -0.05) is 12.1 Å². The average Bonchev–Trinajstić information content (AvgIpc) is 2.96. The summed E-state index contributed by atoms with van der Waals surface area (Å²) in [6.07, 6.45) is 0.345. The van der Waals surface area contributed by atoms with Crippen LogP contribution in [-0.4, -0.2) is 52.2 Å². The minimum Gasteiger partial charge on any atom is -0.489 e. The number of carbonyl (C=O) groups is 1. The highest BCUT2D eigenvalue weighted by Crippen LogP contribution is 2.20. The fraction of sp³-hybridized carbons (Fsp3) is 0.241. The first-order valence-corrected chi connectivity index (χ1v) is 12.7. The van der Waals surface area contributed by atoms with Crippen LogP contribution >= 0.6 is 0 Å². The number of benzene rings is 3. The molecule has 0 aliphatic carbocycles. The second kappa shape index (κ2) is 11.8. The van der Waals surface area contributed by atoms with Crippen molar-refractivity contribution in [2.45, 2.75) is 19.4 Å². The van der Waals surface area contributed by atoms with Gasteiger partial charge in [-0.25, -0.2) is 8.78 Å². The van der Waals surface area contributed by atoms with Crippen LogP contribution in [0.15, 0.2) is 77.6 Å². The third-order valence-corrected chi connectivity index (χ3v) is 6.59. The normalized spacial score (nSPS) is 13.4. The predicted molar refractivity (Wildman–Crippen MR) is 142 cm³/mol. The number of aromatic nitrogens is 3. The summed E-state index contributed by atoms with van der Waals surface area (Å²) >= 11 is 0. The minimum atomic E-state index is -0.389. The lowest BCUT2D eigenvalue weighted by Gasteiger charge is -2.36. The Balaban J connectivity index is 1.12. The predicted octanol–water partition coefficient (Wildman–Crippen LogP) is 3.97. The average molecular weight is 532 g/mol. The first-order valence-electron chi connectivity index (χ1n) is 12.7. The van der Waals surface area contributed by atoms with E-state index in [1.54, 1.807) is 53.4 Å². The quantitative estimate of drug-likeness (QED) is 0.370. The van der Waals surface area contributed by atoms with Crippen molar-refractivity contribution in [1.29, 1.82) is 0 Å². The van der Waals surface area contributed by atoms with E-state index in [9.17, 15) is 18.4 Å². The number of hydrogen-bond acceptors (Lipinski definition) is 6. The number of amides is 1. The number of hydrogen-bond donors (Lipinski definition) is 1. The number of aromatic amines is 1. The molecule has 1 aromatic heterocycles. The second-order valence-electron chi connectivity index (χ2n) is 9.24. The third kappa shape index (κ3) is 6.64. The van der Waals surface area contributed by atoms with Gasteiger partial charge >= 0.3 is 0 Å². The Morgan fingerprint density at radius 2 is 1.64 bits per heavy atom. The van der Waals surface area contributed by atoms with E-state index in [1.807, 2.05) is 0 Å². The molecule has 0 spiro atoms. The summed E-state index contributed by atoms with van der Waals surface area (Å²) in [5.41, 5.74) is 2.11. The fourth-order valence-electron chi connectivity index (χ4n) is 4.41. The van der Waals surface area contributed by atoms with E-state index in [4.69, 9.17) is 4.74 Å². The monoisotopic (exact) mass is 531 g/mol. The van der Waals surface area contributed by atoms with Gasteiger partial charge in [0.05, 0.1) is 0 Å². The van der Waals surface area contributed by atoms with Crippen LogP contribution in [0.2, 0.25) is 0 Å². The summed E-state index contributed by atoms with van der Waals surface area (Å²) < 4.78 is 32.2. The summed E-state index contributed by atoms with van der Waals surface area (Å²) in [7, 11) is 0. The van der Waals surface area contributed by atoms with Crippen LogP contribution in [0.25, 0.3) is 11.4 Å². The van der Waals surface area contributed by atoms with Crippen LogP contribution < -0.4 is 15.2 Å².